The molecule has 0 aromatic heterocycles. The molecule has 1 fully saturated rings. The summed E-state index contributed by atoms with van der Waals surface area (Å²) in [4.78, 5) is 0.167. The molecule has 0 unspecified atom stereocenters. The smallest absolute Gasteiger partial charge is 0.0424 e. The van der Waals surface area contributed by atoms with Crippen molar-refractivity contribution < 1.29 is 0 Å². The minimum Gasteiger partial charge on any atom is -0.120 e. The quantitative estimate of drug-likeness (QED) is 0.482. The van der Waals surface area contributed by atoms with E-state index in [2.05, 4.69) is 13.8 Å². The second kappa shape index (κ2) is 1.91. The van der Waals surface area contributed by atoms with Crippen molar-refractivity contribution in [3.63, 3.8) is 0 Å². The third-order valence-electron chi connectivity index (χ3n) is 2.01. The Kier molecular flexibility index (Phi) is 1.53. The highest BCUT2D eigenvalue weighted by molar-refractivity contribution is 6.24. The molecule has 1 saturated carbocycles. The van der Waals surface area contributed by atoms with Crippen molar-refractivity contribution in [2.45, 2.75) is 38.0 Å². The lowest BCUT2D eigenvalue weighted by molar-refractivity contribution is 0.233. The Hall–Kier alpha value is 0.290. The summed E-state index contributed by atoms with van der Waals surface area (Å²) < 4.78 is 0. The molecule has 1 rings (SSSR count). The van der Waals surface area contributed by atoms with Crippen molar-refractivity contribution in [2.24, 2.45) is 5.92 Å². The van der Waals surface area contributed by atoms with Crippen LogP contribution in [0.3, 0.4) is 0 Å². The van der Waals surface area contributed by atoms with Gasteiger partial charge in [0.15, 0.2) is 0 Å². The van der Waals surface area contributed by atoms with Gasteiger partial charge in [-0.3, -0.25) is 0 Å². The van der Waals surface area contributed by atoms with Gasteiger partial charge in [-0.1, -0.05) is 13.3 Å². The molecule has 0 radical (unpaired) electrons. The molecule has 0 aromatic rings. The third kappa shape index (κ3) is 1.17. The first-order valence-electron chi connectivity index (χ1n) is 3.33. The van der Waals surface area contributed by atoms with Crippen LogP contribution in [0, 0.1) is 5.92 Å². The predicted molar refractivity (Wildman–Crippen MR) is 37.3 cm³/mol. The van der Waals surface area contributed by atoms with Crippen LogP contribution >= 0.6 is 11.6 Å². The molecular weight excluding hydrogens is 120 g/mol. The van der Waals surface area contributed by atoms with Crippen LogP contribution < -0.4 is 0 Å². The summed E-state index contributed by atoms with van der Waals surface area (Å²) in [5.74, 6) is 0.928. The maximum absolute atomic E-state index is 5.98. The lowest BCUT2D eigenvalue weighted by atomic mass is 9.74. The minimum atomic E-state index is 0.167. The molecule has 0 nitrogen and oxygen atoms in total. The summed E-state index contributed by atoms with van der Waals surface area (Å²) in [6.45, 7) is 4.36. The zero-order valence-corrected chi connectivity index (χ0v) is 6.33. The highest BCUT2D eigenvalue weighted by Gasteiger charge is 2.36. The molecule has 0 heterocycles. The van der Waals surface area contributed by atoms with Crippen LogP contribution in [0.4, 0.5) is 0 Å². The van der Waals surface area contributed by atoms with Crippen LogP contribution in [-0.4, -0.2) is 4.87 Å². The maximum atomic E-state index is 5.98. The highest BCUT2D eigenvalue weighted by Crippen LogP contribution is 2.44. The third-order valence-corrected chi connectivity index (χ3v) is 2.31. The molecule has 1 aliphatic rings. The molecular formula is C7H13Cl. The van der Waals surface area contributed by atoms with Crippen molar-refractivity contribution >= 4 is 11.6 Å². The van der Waals surface area contributed by atoms with E-state index in [0.717, 1.165) is 5.92 Å². The van der Waals surface area contributed by atoms with Gasteiger partial charge in [-0.25, -0.2) is 0 Å². The lowest BCUT2D eigenvalue weighted by Gasteiger charge is -2.39. The van der Waals surface area contributed by atoms with Gasteiger partial charge in [0, 0.05) is 4.87 Å². The average molecular weight is 133 g/mol. The SMILES string of the molecule is CCC1CC(C)(Cl)C1. The molecule has 0 aliphatic heterocycles. The number of hydrogen-bond acceptors (Lipinski definition) is 0. The van der Waals surface area contributed by atoms with Crippen molar-refractivity contribution in [1.29, 1.82) is 0 Å². The zero-order valence-electron chi connectivity index (χ0n) is 5.58. The van der Waals surface area contributed by atoms with E-state index >= 15 is 0 Å². The largest absolute Gasteiger partial charge is 0.120 e. The van der Waals surface area contributed by atoms with Gasteiger partial charge < -0.3 is 0 Å². The van der Waals surface area contributed by atoms with Gasteiger partial charge >= 0.3 is 0 Å². The summed E-state index contributed by atoms with van der Waals surface area (Å²) in [6, 6.07) is 0. The van der Waals surface area contributed by atoms with Gasteiger partial charge in [0.1, 0.15) is 0 Å². The second-order valence-corrected chi connectivity index (χ2v) is 4.01. The van der Waals surface area contributed by atoms with Gasteiger partial charge in [-0.05, 0) is 25.7 Å². The Morgan fingerprint density at radius 1 is 1.62 bits per heavy atom. The number of hydrogen-bond donors (Lipinski definition) is 0. The first kappa shape index (κ1) is 6.41. The Balaban J connectivity index is 2.21. The molecule has 0 saturated heterocycles. The van der Waals surface area contributed by atoms with E-state index < -0.39 is 0 Å². The molecule has 0 N–H and O–H groups in total. The molecule has 0 atom stereocenters. The fourth-order valence-corrected chi connectivity index (χ4v) is 1.87. The Morgan fingerprint density at radius 3 is 2.25 bits per heavy atom. The summed E-state index contributed by atoms with van der Waals surface area (Å²) in [5, 5.41) is 0. The zero-order chi connectivity index (χ0) is 6.20. The van der Waals surface area contributed by atoms with Crippen LogP contribution in [0.25, 0.3) is 0 Å². The van der Waals surface area contributed by atoms with E-state index in [9.17, 15) is 0 Å². The molecule has 0 spiro atoms. The van der Waals surface area contributed by atoms with E-state index in [1.54, 1.807) is 0 Å². The van der Waals surface area contributed by atoms with Gasteiger partial charge in [0.05, 0.1) is 0 Å². The summed E-state index contributed by atoms with van der Waals surface area (Å²) in [6.07, 6.45) is 3.76. The van der Waals surface area contributed by atoms with Crippen LogP contribution in [0.1, 0.15) is 33.1 Å². The molecule has 0 bridgehead atoms. The lowest BCUT2D eigenvalue weighted by Crippen LogP contribution is -2.34. The van der Waals surface area contributed by atoms with Crippen molar-refractivity contribution in [3.8, 4) is 0 Å². The molecule has 1 aliphatic carbocycles. The number of rotatable bonds is 1. The minimum absolute atomic E-state index is 0.167. The normalized spacial score (nSPS) is 46.1. The van der Waals surface area contributed by atoms with E-state index in [0.29, 0.717) is 0 Å². The molecule has 0 amide bonds. The number of alkyl halides is 1. The fourth-order valence-electron chi connectivity index (χ4n) is 1.43. The van der Waals surface area contributed by atoms with Crippen LogP contribution in [0.5, 0.6) is 0 Å². The second-order valence-electron chi connectivity index (χ2n) is 3.10. The highest BCUT2D eigenvalue weighted by atomic mass is 35.5. The predicted octanol–water partition coefficient (Wildman–Crippen LogP) is 2.80. The van der Waals surface area contributed by atoms with Gasteiger partial charge in [0.2, 0.25) is 0 Å². The van der Waals surface area contributed by atoms with E-state index in [4.69, 9.17) is 11.6 Å². The summed E-state index contributed by atoms with van der Waals surface area (Å²) >= 11 is 5.98. The van der Waals surface area contributed by atoms with Gasteiger partial charge in [-0.15, -0.1) is 11.6 Å². The van der Waals surface area contributed by atoms with E-state index in [1.807, 2.05) is 0 Å². The molecule has 0 aromatic carbocycles. The van der Waals surface area contributed by atoms with Crippen molar-refractivity contribution in [2.75, 3.05) is 0 Å². The maximum Gasteiger partial charge on any atom is 0.0424 e. The first-order chi connectivity index (χ1) is 3.64. The van der Waals surface area contributed by atoms with Crippen LogP contribution in [0.15, 0.2) is 0 Å². The molecule has 8 heavy (non-hydrogen) atoms. The van der Waals surface area contributed by atoms with Crippen LogP contribution in [0.2, 0.25) is 0 Å². The Bertz CT molecular complexity index is 78.4. The van der Waals surface area contributed by atoms with E-state index in [-0.39, 0.29) is 4.87 Å². The van der Waals surface area contributed by atoms with Gasteiger partial charge in [-0.2, -0.15) is 0 Å². The first-order valence-corrected chi connectivity index (χ1v) is 3.71. The van der Waals surface area contributed by atoms with Crippen LogP contribution in [-0.2, 0) is 0 Å². The van der Waals surface area contributed by atoms with E-state index in [1.165, 1.54) is 19.3 Å². The Labute approximate surface area is 56.2 Å². The molecule has 1 heteroatoms. The molecule has 48 valence electrons. The van der Waals surface area contributed by atoms with Crippen molar-refractivity contribution in [3.05, 3.63) is 0 Å². The monoisotopic (exact) mass is 132 g/mol. The fraction of sp³-hybridized carbons (Fsp3) is 1.00. The average Bonchev–Trinajstić information content (AvgIpc) is 1.60. The summed E-state index contributed by atoms with van der Waals surface area (Å²) in [7, 11) is 0. The topological polar surface area (TPSA) is 0 Å². The van der Waals surface area contributed by atoms with Gasteiger partial charge in [0.25, 0.3) is 0 Å². The standard InChI is InChI=1S/C7H13Cl/c1-3-6-4-7(2,8)5-6/h6H,3-5H2,1-2H3. The Morgan fingerprint density at radius 2 is 2.12 bits per heavy atom. The summed E-state index contributed by atoms with van der Waals surface area (Å²) in [5.41, 5.74) is 0. The van der Waals surface area contributed by atoms with Crippen molar-refractivity contribution in [1.82, 2.24) is 0 Å². The number of halogens is 1.